The lowest BCUT2D eigenvalue weighted by molar-refractivity contribution is 0.291. The monoisotopic (exact) mass is 470 g/mol. The molecule has 0 amide bonds. The summed E-state index contributed by atoms with van der Waals surface area (Å²) in [4.78, 5) is 16.8. The standard InChI is InChI=1S/C22H23ClN6O2S/c1-22(2,3)14-4-7-17(8-5-14)31-12-19-26-27-21(29(19)24)32-13-16-10-20(30)28-11-15(23)6-9-18(28)25-16/h4-11H,12-13,24H2,1-3H3. The van der Waals surface area contributed by atoms with E-state index < -0.39 is 0 Å². The first kappa shape index (κ1) is 22.2. The number of benzene rings is 1. The van der Waals surface area contributed by atoms with E-state index in [0.717, 1.165) is 5.75 Å². The number of nitrogens with two attached hydrogens (primary N) is 1. The number of halogens is 1. The highest BCUT2D eigenvalue weighted by Crippen LogP contribution is 2.25. The van der Waals surface area contributed by atoms with Crippen LogP contribution in [0.15, 0.2) is 58.6 Å². The minimum absolute atomic E-state index is 0.0839. The second kappa shape index (κ2) is 8.84. The van der Waals surface area contributed by atoms with Gasteiger partial charge >= 0.3 is 0 Å². The van der Waals surface area contributed by atoms with Gasteiger partial charge in [-0.1, -0.05) is 56.3 Å². The largest absolute Gasteiger partial charge is 0.486 e. The molecule has 0 bridgehead atoms. The Bertz CT molecular complexity index is 1310. The van der Waals surface area contributed by atoms with Gasteiger partial charge < -0.3 is 10.6 Å². The van der Waals surface area contributed by atoms with Gasteiger partial charge in [0.05, 0.1) is 10.7 Å². The molecule has 166 valence electrons. The van der Waals surface area contributed by atoms with Crippen LogP contribution >= 0.6 is 23.4 Å². The molecule has 0 radical (unpaired) electrons. The van der Waals surface area contributed by atoms with E-state index in [1.54, 1.807) is 18.3 Å². The summed E-state index contributed by atoms with van der Waals surface area (Å²) in [6, 6.07) is 12.8. The smallest absolute Gasteiger partial charge is 0.258 e. The van der Waals surface area contributed by atoms with Crippen molar-refractivity contribution in [3.63, 3.8) is 0 Å². The Morgan fingerprint density at radius 3 is 2.59 bits per heavy atom. The predicted octanol–water partition coefficient (Wildman–Crippen LogP) is 3.82. The molecule has 1 aromatic carbocycles. The molecule has 3 aromatic heterocycles. The highest BCUT2D eigenvalue weighted by molar-refractivity contribution is 7.98. The summed E-state index contributed by atoms with van der Waals surface area (Å²) >= 11 is 7.29. The number of fused-ring (bicyclic) bond motifs is 1. The van der Waals surface area contributed by atoms with E-state index in [1.807, 2.05) is 12.1 Å². The highest BCUT2D eigenvalue weighted by Gasteiger charge is 2.14. The molecule has 4 rings (SSSR count). The quantitative estimate of drug-likeness (QED) is 0.337. The molecule has 0 atom stereocenters. The second-order valence-corrected chi connectivity index (χ2v) is 9.66. The van der Waals surface area contributed by atoms with Crippen LogP contribution in [0.25, 0.3) is 5.65 Å². The van der Waals surface area contributed by atoms with Crippen LogP contribution in [0.2, 0.25) is 5.02 Å². The minimum atomic E-state index is -0.200. The summed E-state index contributed by atoms with van der Waals surface area (Å²) in [5.41, 5.74) is 2.26. The summed E-state index contributed by atoms with van der Waals surface area (Å²) in [6.07, 6.45) is 1.54. The topological polar surface area (TPSA) is 100 Å². The van der Waals surface area contributed by atoms with Crippen LogP contribution in [0, 0.1) is 0 Å². The van der Waals surface area contributed by atoms with Crippen molar-refractivity contribution in [2.75, 3.05) is 5.84 Å². The fraction of sp³-hybridized carbons (Fsp3) is 0.273. The number of ether oxygens (including phenoxy) is 1. The highest BCUT2D eigenvalue weighted by atomic mass is 35.5. The van der Waals surface area contributed by atoms with Crippen molar-refractivity contribution >= 4 is 29.0 Å². The van der Waals surface area contributed by atoms with Crippen LogP contribution in [0.4, 0.5) is 0 Å². The zero-order valence-electron chi connectivity index (χ0n) is 17.9. The Hall–Kier alpha value is -3.04. The van der Waals surface area contributed by atoms with Gasteiger partial charge in [0.15, 0.2) is 5.82 Å². The lowest BCUT2D eigenvalue weighted by Crippen LogP contribution is -2.16. The van der Waals surface area contributed by atoms with Crippen molar-refractivity contribution in [2.24, 2.45) is 0 Å². The summed E-state index contributed by atoms with van der Waals surface area (Å²) in [6.45, 7) is 6.69. The summed E-state index contributed by atoms with van der Waals surface area (Å²) in [7, 11) is 0. The second-order valence-electron chi connectivity index (χ2n) is 8.28. The molecule has 10 heteroatoms. The summed E-state index contributed by atoms with van der Waals surface area (Å²) in [5, 5.41) is 9.22. The number of nitrogen functional groups attached to an aromatic ring is 1. The molecule has 4 aromatic rings. The number of aromatic nitrogens is 5. The third kappa shape index (κ3) is 4.89. The Morgan fingerprint density at radius 2 is 1.88 bits per heavy atom. The van der Waals surface area contributed by atoms with E-state index in [1.165, 1.54) is 32.5 Å². The van der Waals surface area contributed by atoms with Gasteiger partial charge in [0.1, 0.15) is 18.0 Å². The van der Waals surface area contributed by atoms with Crippen LogP contribution in [-0.2, 0) is 17.8 Å². The molecule has 3 heterocycles. The molecule has 0 spiro atoms. The molecular weight excluding hydrogens is 448 g/mol. The zero-order chi connectivity index (χ0) is 22.9. The van der Waals surface area contributed by atoms with Crippen LogP contribution in [0.3, 0.4) is 0 Å². The molecule has 0 fully saturated rings. The number of nitrogens with zero attached hydrogens (tertiary/aromatic N) is 5. The fourth-order valence-corrected chi connectivity index (χ4v) is 3.97. The van der Waals surface area contributed by atoms with Crippen LogP contribution < -0.4 is 16.1 Å². The Morgan fingerprint density at radius 1 is 1.12 bits per heavy atom. The summed E-state index contributed by atoms with van der Waals surface area (Å²) < 4.78 is 8.61. The molecule has 0 aliphatic heterocycles. The van der Waals surface area contributed by atoms with Gasteiger partial charge in [0, 0.05) is 18.0 Å². The van der Waals surface area contributed by atoms with E-state index in [0.29, 0.717) is 33.1 Å². The number of hydrogen-bond donors (Lipinski definition) is 1. The Labute approximate surface area is 194 Å². The number of rotatable bonds is 6. The van der Waals surface area contributed by atoms with Gasteiger partial charge in [0.2, 0.25) is 5.16 Å². The molecule has 2 N–H and O–H groups in total. The van der Waals surface area contributed by atoms with E-state index in [2.05, 4.69) is 48.1 Å². The van der Waals surface area contributed by atoms with Crippen LogP contribution in [-0.4, -0.2) is 24.3 Å². The SMILES string of the molecule is CC(C)(C)c1ccc(OCc2nnc(SCc3cc(=O)n4cc(Cl)ccc4n3)n2N)cc1. The fourth-order valence-electron chi connectivity index (χ4n) is 3.04. The summed E-state index contributed by atoms with van der Waals surface area (Å²) in [5.74, 6) is 7.78. The molecule has 8 nitrogen and oxygen atoms in total. The maximum Gasteiger partial charge on any atom is 0.258 e. The van der Waals surface area contributed by atoms with Gasteiger partial charge in [-0.25, -0.2) is 9.66 Å². The third-order valence-corrected chi connectivity index (χ3v) is 6.05. The van der Waals surface area contributed by atoms with Crippen molar-refractivity contribution in [3.8, 4) is 5.75 Å². The maximum absolute atomic E-state index is 12.3. The van der Waals surface area contributed by atoms with Crippen molar-refractivity contribution in [2.45, 2.75) is 43.7 Å². The molecular formula is C22H23ClN6O2S. The first-order valence-corrected chi connectivity index (χ1v) is 11.3. The maximum atomic E-state index is 12.3. The number of thioether (sulfide) groups is 1. The lowest BCUT2D eigenvalue weighted by Gasteiger charge is -2.19. The molecule has 0 saturated carbocycles. The van der Waals surface area contributed by atoms with Crippen molar-refractivity contribution in [1.29, 1.82) is 0 Å². The van der Waals surface area contributed by atoms with Gasteiger partial charge in [-0.2, -0.15) is 0 Å². The van der Waals surface area contributed by atoms with Gasteiger partial charge in [0.25, 0.3) is 5.56 Å². The Kier molecular flexibility index (Phi) is 6.12. The van der Waals surface area contributed by atoms with Gasteiger partial charge in [-0.15, -0.1) is 10.2 Å². The molecule has 0 saturated heterocycles. The molecule has 0 unspecified atom stereocenters. The van der Waals surface area contributed by atoms with E-state index in [9.17, 15) is 4.79 Å². The van der Waals surface area contributed by atoms with Gasteiger partial charge in [-0.05, 0) is 35.2 Å². The number of pyridine rings is 1. The number of hydrogen-bond acceptors (Lipinski definition) is 7. The zero-order valence-corrected chi connectivity index (χ0v) is 19.5. The first-order valence-electron chi connectivity index (χ1n) is 9.94. The predicted molar refractivity (Wildman–Crippen MR) is 126 cm³/mol. The van der Waals surface area contributed by atoms with Crippen molar-refractivity contribution < 1.29 is 4.74 Å². The molecule has 0 aliphatic carbocycles. The van der Waals surface area contributed by atoms with Crippen molar-refractivity contribution in [3.05, 3.63) is 81.1 Å². The van der Waals surface area contributed by atoms with Gasteiger partial charge in [-0.3, -0.25) is 9.20 Å². The van der Waals surface area contributed by atoms with Crippen molar-refractivity contribution in [1.82, 2.24) is 24.3 Å². The van der Waals surface area contributed by atoms with Crippen LogP contribution in [0.1, 0.15) is 37.9 Å². The average molecular weight is 471 g/mol. The molecule has 0 aliphatic rings. The normalized spacial score (nSPS) is 11.8. The first-order chi connectivity index (χ1) is 15.2. The Balaban J connectivity index is 1.40. The van der Waals surface area contributed by atoms with Crippen LogP contribution in [0.5, 0.6) is 5.75 Å². The van der Waals surface area contributed by atoms with E-state index in [-0.39, 0.29) is 17.6 Å². The lowest BCUT2D eigenvalue weighted by atomic mass is 9.87. The van der Waals surface area contributed by atoms with E-state index in [4.69, 9.17) is 22.2 Å². The molecule has 32 heavy (non-hydrogen) atoms. The minimum Gasteiger partial charge on any atom is -0.486 e. The average Bonchev–Trinajstić information content (AvgIpc) is 3.10. The van der Waals surface area contributed by atoms with E-state index >= 15 is 0 Å². The third-order valence-electron chi connectivity index (χ3n) is 4.85.